The lowest BCUT2D eigenvalue weighted by molar-refractivity contribution is -0.127. The topological polar surface area (TPSA) is 86.3 Å². The van der Waals surface area contributed by atoms with Crippen molar-refractivity contribution in [2.45, 2.75) is 32.7 Å². The summed E-state index contributed by atoms with van der Waals surface area (Å²) >= 11 is 0. The molecule has 0 spiro atoms. The number of aliphatic imine (C=N–C) groups is 1. The maximum atomic E-state index is 12.1. The van der Waals surface area contributed by atoms with Crippen molar-refractivity contribution in [1.29, 1.82) is 0 Å². The zero-order chi connectivity index (χ0) is 19.0. The van der Waals surface area contributed by atoms with E-state index in [1.165, 1.54) is 4.90 Å². The highest BCUT2D eigenvalue weighted by Crippen LogP contribution is 2.10. The molecule has 1 saturated heterocycles. The van der Waals surface area contributed by atoms with Crippen molar-refractivity contribution < 1.29 is 14.3 Å². The van der Waals surface area contributed by atoms with Gasteiger partial charge in [-0.05, 0) is 27.2 Å². The van der Waals surface area contributed by atoms with Crippen LogP contribution in [-0.4, -0.2) is 87.1 Å². The van der Waals surface area contributed by atoms with Crippen molar-refractivity contribution in [3.8, 4) is 0 Å². The molecule has 0 aliphatic carbocycles. The van der Waals surface area contributed by atoms with E-state index < -0.39 is 0 Å². The van der Waals surface area contributed by atoms with Gasteiger partial charge in [0.2, 0.25) is 11.8 Å². The van der Waals surface area contributed by atoms with Gasteiger partial charge in [-0.15, -0.1) is 24.0 Å². The molecule has 0 aromatic carbocycles. The van der Waals surface area contributed by atoms with Crippen LogP contribution >= 0.6 is 24.0 Å². The molecular weight excluding hydrogens is 449 g/mol. The minimum atomic E-state index is -0.287. The first-order valence-electron chi connectivity index (χ1n) is 8.67. The summed E-state index contributed by atoms with van der Waals surface area (Å²) < 4.78 is 5.38. The van der Waals surface area contributed by atoms with Crippen LogP contribution in [-0.2, 0) is 14.3 Å². The third-order valence-corrected chi connectivity index (χ3v) is 3.69. The number of likely N-dealkylation sites (N-methyl/N-ethyl adjacent to an activating group) is 2. The average molecular weight is 483 g/mol. The number of ether oxygens (including phenoxy) is 1. The van der Waals surface area contributed by atoms with E-state index in [0.29, 0.717) is 18.4 Å². The van der Waals surface area contributed by atoms with Gasteiger partial charge in [-0.2, -0.15) is 0 Å². The standard InChI is InChI=1S/C17H33N5O3.HI/c1-17(2,3)20-14(23)11-22(6)16(19-10-15(24)21(4)5)18-9-13-7-8-25-12-13;/h13H,7-12H2,1-6H3,(H,18,19)(H,20,23);1H. The number of nitrogens with zero attached hydrogens (tertiary/aromatic N) is 3. The quantitative estimate of drug-likeness (QED) is 0.327. The summed E-state index contributed by atoms with van der Waals surface area (Å²) in [5, 5.41) is 6.20. The summed E-state index contributed by atoms with van der Waals surface area (Å²) in [6, 6.07) is 0. The number of carbonyl (C=O) groups excluding carboxylic acids is 2. The van der Waals surface area contributed by atoms with E-state index in [9.17, 15) is 9.59 Å². The lowest BCUT2D eigenvalue weighted by Gasteiger charge is -2.26. The second kappa shape index (κ2) is 11.6. The fraction of sp³-hybridized carbons (Fsp3) is 0.824. The van der Waals surface area contributed by atoms with Crippen molar-refractivity contribution in [2.75, 3.05) is 54.0 Å². The molecule has 0 aromatic heterocycles. The highest BCUT2D eigenvalue weighted by Gasteiger charge is 2.20. The first kappa shape index (κ1) is 24.9. The van der Waals surface area contributed by atoms with E-state index in [1.54, 1.807) is 26.0 Å². The molecule has 1 aliphatic heterocycles. The van der Waals surface area contributed by atoms with Crippen molar-refractivity contribution in [3.05, 3.63) is 0 Å². The van der Waals surface area contributed by atoms with Crippen LogP contribution in [0, 0.1) is 5.92 Å². The lowest BCUT2D eigenvalue weighted by atomic mass is 10.1. The van der Waals surface area contributed by atoms with Gasteiger partial charge in [0.1, 0.15) is 6.54 Å². The van der Waals surface area contributed by atoms with Crippen LogP contribution in [0.15, 0.2) is 4.99 Å². The van der Waals surface area contributed by atoms with E-state index in [-0.39, 0.29) is 54.4 Å². The zero-order valence-corrected chi connectivity index (χ0v) is 19.1. The second-order valence-electron chi connectivity index (χ2n) is 7.69. The normalized spacial score (nSPS) is 17.3. The van der Waals surface area contributed by atoms with Gasteiger partial charge in [-0.1, -0.05) is 0 Å². The molecule has 2 N–H and O–H groups in total. The van der Waals surface area contributed by atoms with Gasteiger partial charge in [0.15, 0.2) is 5.96 Å². The number of halogens is 1. The SMILES string of the molecule is CN(C)C(=O)CN=C(NCC1CCOC1)N(C)CC(=O)NC(C)(C)C.I. The minimum absolute atomic E-state index is 0. The van der Waals surface area contributed by atoms with Crippen LogP contribution < -0.4 is 10.6 Å². The van der Waals surface area contributed by atoms with E-state index in [2.05, 4.69) is 15.6 Å². The lowest BCUT2D eigenvalue weighted by Crippen LogP contribution is -2.49. The molecule has 26 heavy (non-hydrogen) atoms. The van der Waals surface area contributed by atoms with E-state index in [4.69, 9.17) is 4.74 Å². The van der Waals surface area contributed by atoms with Gasteiger partial charge in [0.25, 0.3) is 0 Å². The molecular formula is C17H34IN5O3. The molecule has 0 saturated carbocycles. The van der Waals surface area contributed by atoms with Gasteiger partial charge in [-0.25, -0.2) is 4.99 Å². The Balaban J connectivity index is 0.00000625. The molecule has 2 amide bonds. The molecule has 1 heterocycles. The number of hydrogen-bond donors (Lipinski definition) is 2. The minimum Gasteiger partial charge on any atom is -0.381 e. The monoisotopic (exact) mass is 483 g/mol. The van der Waals surface area contributed by atoms with Crippen molar-refractivity contribution in [3.63, 3.8) is 0 Å². The fourth-order valence-electron chi connectivity index (χ4n) is 2.32. The van der Waals surface area contributed by atoms with Crippen LogP contribution in [0.1, 0.15) is 27.2 Å². The molecule has 0 radical (unpaired) electrons. The van der Waals surface area contributed by atoms with E-state index in [0.717, 1.165) is 19.6 Å². The van der Waals surface area contributed by atoms with Gasteiger partial charge in [0.05, 0.1) is 13.2 Å². The Morgan fingerprint density at radius 2 is 1.88 bits per heavy atom. The van der Waals surface area contributed by atoms with Crippen LogP contribution in [0.5, 0.6) is 0 Å². The summed E-state index contributed by atoms with van der Waals surface area (Å²) in [5.41, 5.74) is -0.287. The summed E-state index contributed by atoms with van der Waals surface area (Å²) in [7, 11) is 5.18. The van der Waals surface area contributed by atoms with Crippen molar-refractivity contribution in [1.82, 2.24) is 20.4 Å². The van der Waals surface area contributed by atoms with Gasteiger partial charge >= 0.3 is 0 Å². The van der Waals surface area contributed by atoms with Crippen LogP contribution in [0.2, 0.25) is 0 Å². The molecule has 8 nitrogen and oxygen atoms in total. The predicted octanol–water partition coefficient (Wildman–Crippen LogP) is 0.521. The Bertz CT molecular complexity index is 485. The summed E-state index contributed by atoms with van der Waals surface area (Å²) in [5.74, 6) is 0.793. The molecule has 9 heteroatoms. The summed E-state index contributed by atoms with van der Waals surface area (Å²) in [6.07, 6.45) is 1.01. The molecule has 152 valence electrons. The van der Waals surface area contributed by atoms with Crippen LogP contribution in [0.3, 0.4) is 0 Å². The first-order chi connectivity index (χ1) is 11.6. The van der Waals surface area contributed by atoms with E-state index >= 15 is 0 Å². The number of amides is 2. The maximum Gasteiger partial charge on any atom is 0.243 e. The molecule has 0 aromatic rings. The highest BCUT2D eigenvalue weighted by molar-refractivity contribution is 14.0. The largest absolute Gasteiger partial charge is 0.381 e. The van der Waals surface area contributed by atoms with E-state index in [1.807, 2.05) is 20.8 Å². The second-order valence-corrected chi connectivity index (χ2v) is 7.69. The van der Waals surface area contributed by atoms with Crippen LogP contribution in [0.4, 0.5) is 0 Å². The molecule has 1 unspecified atom stereocenters. The Morgan fingerprint density at radius 1 is 1.23 bits per heavy atom. The number of carbonyl (C=O) groups is 2. The Morgan fingerprint density at radius 3 is 2.38 bits per heavy atom. The van der Waals surface area contributed by atoms with Gasteiger partial charge in [-0.3, -0.25) is 9.59 Å². The van der Waals surface area contributed by atoms with Gasteiger partial charge in [0, 0.05) is 45.8 Å². The Hall–Kier alpha value is -1.10. The number of rotatable bonds is 6. The molecule has 1 rings (SSSR count). The third-order valence-electron chi connectivity index (χ3n) is 3.69. The molecule has 0 bridgehead atoms. The highest BCUT2D eigenvalue weighted by atomic mass is 127. The molecule has 1 atom stereocenters. The maximum absolute atomic E-state index is 12.1. The number of hydrogen-bond acceptors (Lipinski definition) is 4. The fourth-order valence-corrected chi connectivity index (χ4v) is 2.32. The zero-order valence-electron chi connectivity index (χ0n) is 16.8. The van der Waals surface area contributed by atoms with Gasteiger partial charge < -0.3 is 25.2 Å². The van der Waals surface area contributed by atoms with Crippen molar-refractivity contribution >= 4 is 41.8 Å². The summed E-state index contributed by atoms with van der Waals surface area (Å²) in [4.78, 5) is 31.6. The first-order valence-corrected chi connectivity index (χ1v) is 8.67. The average Bonchev–Trinajstić information content (AvgIpc) is 2.97. The number of nitrogens with one attached hydrogen (secondary N) is 2. The Kier molecular flexibility index (Phi) is 11.1. The predicted molar refractivity (Wildman–Crippen MR) is 114 cm³/mol. The smallest absolute Gasteiger partial charge is 0.243 e. The third kappa shape index (κ3) is 10.1. The molecule has 1 aliphatic rings. The summed E-state index contributed by atoms with van der Waals surface area (Å²) in [6.45, 7) is 8.24. The van der Waals surface area contributed by atoms with Crippen molar-refractivity contribution in [2.24, 2.45) is 10.9 Å². The van der Waals surface area contributed by atoms with Crippen LogP contribution in [0.25, 0.3) is 0 Å². The Labute approximate surface area is 174 Å². The molecule has 1 fully saturated rings. The number of guanidine groups is 1.